The number of carbonyl (C=O) groups is 1. The molecule has 1 aliphatic heterocycles. The Labute approximate surface area is 232 Å². The summed E-state index contributed by atoms with van der Waals surface area (Å²) in [6.07, 6.45) is 3.71. The lowest BCUT2D eigenvalue weighted by atomic mass is 9.95. The van der Waals surface area contributed by atoms with Crippen molar-refractivity contribution in [1.82, 2.24) is 14.9 Å². The average Bonchev–Trinajstić information content (AvgIpc) is 3.53. The van der Waals surface area contributed by atoms with Crippen LogP contribution in [0.15, 0.2) is 85.2 Å². The van der Waals surface area contributed by atoms with Crippen LogP contribution in [-0.2, 0) is 4.79 Å². The number of halogens is 1. The Kier molecular flexibility index (Phi) is 7.10. The number of hydrogen-bond donors (Lipinski definition) is 2. The molecule has 0 spiro atoms. The largest absolute Gasteiger partial charge is 0.494 e. The number of aromatic nitrogens is 2. The van der Waals surface area contributed by atoms with Gasteiger partial charge in [-0.1, -0.05) is 26.8 Å². The molecule has 2 atom stereocenters. The first kappa shape index (κ1) is 26.4. The Bertz CT molecular complexity index is 1500. The average molecular weight is 544 g/mol. The molecular weight excluding hydrogens is 513 g/mol. The third-order valence-electron chi connectivity index (χ3n) is 6.68. The van der Waals surface area contributed by atoms with Gasteiger partial charge < -0.3 is 24.8 Å². The molecule has 200 valence electrons. The fourth-order valence-corrected chi connectivity index (χ4v) is 4.99. The van der Waals surface area contributed by atoms with E-state index >= 15 is 0 Å². The highest BCUT2D eigenvalue weighted by molar-refractivity contribution is 7.80. The van der Waals surface area contributed by atoms with Gasteiger partial charge in [-0.3, -0.25) is 9.78 Å². The van der Waals surface area contributed by atoms with Gasteiger partial charge in [-0.25, -0.2) is 4.39 Å². The predicted octanol–water partition coefficient (Wildman–Crippen LogP) is 6.18. The molecule has 7 nitrogen and oxygen atoms in total. The van der Waals surface area contributed by atoms with E-state index < -0.39 is 5.41 Å². The van der Waals surface area contributed by atoms with Gasteiger partial charge in [0.05, 0.1) is 24.5 Å². The van der Waals surface area contributed by atoms with E-state index in [4.69, 9.17) is 17.0 Å². The molecule has 2 aromatic heterocycles. The minimum atomic E-state index is -0.559. The molecular formula is C30H30FN5O2S. The normalized spacial score (nSPS) is 17.2. The molecule has 0 radical (unpaired) electrons. The van der Waals surface area contributed by atoms with Crippen molar-refractivity contribution in [3.63, 3.8) is 0 Å². The molecule has 3 heterocycles. The third kappa shape index (κ3) is 5.22. The summed E-state index contributed by atoms with van der Waals surface area (Å²) >= 11 is 5.88. The molecule has 1 saturated heterocycles. The molecule has 1 aliphatic rings. The Morgan fingerprint density at radius 1 is 1.05 bits per heavy atom. The van der Waals surface area contributed by atoms with Crippen molar-refractivity contribution in [2.45, 2.75) is 32.9 Å². The molecule has 1 fully saturated rings. The van der Waals surface area contributed by atoms with Gasteiger partial charge in [-0.05, 0) is 72.9 Å². The number of carbonyl (C=O) groups excluding carboxylic acids is 1. The summed E-state index contributed by atoms with van der Waals surface area (Å²) < 4.78 is 21.4. The lowest BCUT2D eigenvalue weighted by Crippen LogP contribution is -2.30. The molecule has 0 saturated carbocycles. The van der Waals surface area contributed by atoms with Crippen molar-refractivity contribution in [2.24, 2.45) is 5.41 Å². The number of nitrogens with zero attached hydrogens (tertiary/aromatic N) is 3. The number of rotatable bonds is 6. The van der Waals surface area contributed by atoms with E-state index in [1.54, 1.807) is 25.4 Å². The number of amides is 1. The maximum Gasteiger partial charge on any atom is 0.229 e. The first-order valence-electron chi connectivity index (χ1n) is 12.6. The summed E-state index contributed by atoms with van der Waals surface area (Å²) in [6, 6.07) is 21.2. The number of nitrogens with one attached hydrogen (secondary N) is 2. The Balaban J connectivity index is 1.60. The SMILES string of the molecule is COc1cc(N2C(=S)N[C@H](c3ccccn3)[C@@H]2c2cccn2-c2ccc(F)cc2)ccc1NC(=O)C(C)(C)C. The molecule has 2 N–H and O–H groups in total. The van der Waals surface area contributed by atoms with E-state index in [1.165, 1.54) is 12.1 Å². The van der Waals surface area contributed by atoms with Gasteiger partial charge in [0.2, 0.25) is 5.91 Å². The summed E-state index contributed by atoms with van der Waals surface area (Å²) in [4.78, 5) is 19.3. The molecule has 0 bridgehead atoms. The van der Waals surface area contributed by atoms with Crippen LogP contribution in [0, 0.1) is 11.2 Å². The fraction of sp³-hybridized carbons (Fsp3) is 0.233. The lowest BCUT2D eigenvalue weighted by molar-refractivity contribution is -0.123. The summed E-state index contributed by atoms with van der Waals surface area (Å²) in [5, 5.41) is 6.95. The third-order valence-corrected chi connectivity index (χ3v) is 6.99. The van der Waals surface area contributed by atoms with Gasteiger partial charge in [0.1, 0.15) is 17.6 Å². The summed E-state index contributed by atoms with van der Waals surface area (Å²) in [5.74, 6) is 0.105. The van der Waals surface area contributed by atoms with Gasteiger partial charge in [0.25, 0.3) is 0 Å². The summed E-state index contributed by atoms with van der Waals surface area (Å²) in [7, 11) is 1.57. The minimum absolute atomic E-state index is 0.114. The van der Waals surface area contributed by atoms with E-state index in [2.05, 4.69) is 15.6 Å². The first-order valence-corrected chi connectivity index (χ1v) is 13.0. The zero-order chi connectivity index (χ0) is 27.7. The Hall–Kier alpha value is -4.24. The molecule has 4 aromatic rings. The van der Waals surface area contributed by atoms with Crippen LogP contribution in [0.1, 0.15) is 44.2 Å². The van der Waals surface area contributed by atoms with Crippen LogP contribution in [0.3, 0.4) is 0 Å². The van der Waals surface area contributed by atoms with Gasteiger partial charge in [-0.2, -0.15) is 0 Å². The van der Waals surface area contributed by atoms with E-state index in [-0.39, 0.29) is 23.8 Å². The van der Waals surface area contributed by atoms with E-state index in [1.807, 2.05) is 85.0 Å². The Morgan fingerprint density at radius 3 is 2.46 bits per heavy atom. The molecule has 39 heavy (non-hydrogen) atoms. The van der Waals surface area contributed by atoms with E-state index in [9.17, 15) is 9.18 Å². The molecule has 5 rings (SSSR count). The van der Waals surface area contributed by atoms with Crippen LogP contribution >= 0.6 is 12.2 Å². The van der Waals surface area contributed by atoms with Crippen molar-refractivity contribution in [2.75, 3.05) is 17.3 Å². The molecule has 9 heteroatoms. The summed E-state index contributed by atoms with van der Waals surface area (Å²) in [5.41, 5.74) is 3.40. The fourth-order valence-electron chi connectivity index (χ4n) is 4.65. The van der Waals surface area contributed by atoms with Crippen LogP contribution in [-0.4, -0.2) is 27.7 Å². The van der Waals surface area contributed by atoms with Crippen LogP contribution < -0.4 is 20.3 Å². The zero-order valence-electron chi connectivity index (χ0n) is 22.2. The van der Waals surface area contributed by atoms with Crippen LogP contribution in [0.2, 0.25) is 0 Å². The number of benzene rings is 2. The van der Waals surface area contributed by atoms with Crippen molar-refractivity contribution in [1.29, 1.82) is 0 Å². The van der Waals surface area contributed by atoms with E-state index in [0.29, 0.717) is 16.5 Å². The molecule has 2 aromatic carbocycles. The maximum absolute atomic E-state index is 13.7. The van der Waals surface area contributed by atoms with Crippen LogP contribution in [0.25, 0.3) is 5.69 Å². The quantitative estimate of drug-likeness (QED) is 0.283. The highest BCUT2D eigenvalue weighted by atomic mass is 32.1. The predicted molar refractivity (Wildman–Crippen MR) is 155 cm³/mol. The topological polar surface area (TPSA) is 71.4 Å². The second kappa shape index (κ2) is 10.5. The Morgan fingerprint density at radius 2 is 1.79 bits per heavy atom. The van der Waals surface area contributed by atoms with Gasteiger partial charge in [-0.15, -0.1) is 0 Å². The van der Waals surface area contributed by atoms with Crippen LogP contribution in [0.4, 0.5) is 15.8 Å². The molecule has 1 amide bonds. The number of methoxy groups -OCH3 is 1. The highest BCUT2D eigenvalue weighted by Gasteiger charge is 2.42. The standard InChI is InChI=1S/C30H30FN5O2S/c1-30(2,3)28(37)33-22-15-14-21(18-25(22)38-4)36-27(26(34-29(36)39)23-8-5-6-16-32-23)24-9-7-17-35(24)20-12-10-19(31)11-13-20/h5-18,26-27H,1-4H3,(H,33,37)(H,34,39)/t26-,27+/m1/s1. The van der Waals surface area contributed by atoms with Crippen molar-refractivity contribution < 1.29 is 13.9 Å². The number of pyridine rings is 1. The zero-order valence-corrected chi connectivity index (χ0v) is 23.0. The summed E-state index contributed by atoms with van der Waals surface area (Å²) in [6.45, 7) is 5.57. The molecule has 0 unspecified atom stereocenters. The maximum atomic E-state index is 13.7. The second-order valence-electron chi connectivity index (χ2n) is 10.4. The highest BCUT2D eigenvalue weighted by Crippen LogP contribution is 2.44. The van der Waals surface area contributed by atoms with E-state index in [0.717, 1.165) is 22.8 Å². The second-order valence-corrected chi connectivity index (χ2v) is 10.8. The lowest BCUT2D eigenvalue weighted by Gasteiger charge is -2.29. The number of hydrogen-bond acceptors (Lipinski definition) is 4. The molecule has 0 aliphatic carbocycles. The van der Waals surface area contributed by atoms with Crippen LogP contribution in [0.5, 0.6) is 5.75 Å². The van der Waals surface area contributed by atoms with Crippen molar-refractivity contribution in [3.05, 3.63) is 102 Å². The van der Waals surface area contributed by atoms with Gasteiger partial charge >= 0.3 is 0 Å². The number of ether oxygens (including phenoxy) is 1. The monoisotopic (exact) mass is 543 g/mol. The van der Waals surface area contributed by atoms with Gasteiger partial charge in [0, 0.05) is 40.9 Å². The van der Waals surface area contributed by atoms with Gasteiger partial charge in [0.15, 0.2) is 5.11 Å². The smallest absolute Gasteiger partial charge is 0.229 e. The number of anilines is 2. The minimum Gasteiger partial charge on any atom is -0.494 e. The number of thiocarbonyl (C=S) groups is 1. The van der Waals surface area contributed by atoms with Crippen molar-refractivity contribution >= 4 is 34.6 Å². The first-order chi connectivity index (χ1) is 18.7. The van der Waals surface area contributed by atoms with Crippen molar-refractivity contribution in [3.8, 4) is 11.4 Å².